The Morgan fingerprint density at radius 3 is 2.58 bits per heavy atom. The van der Waals surface area contributed by atoms with Gasteiger partial charge in [-0.1, -0.05) is 36.8 Å². The summed E-state index contributed by atoms with van der Waals surface area (Å²) in [7, 11) is 0. The highest BCUT2D eigenvalue weighted by atomic mass is 16.2. The van der Waals surface area contributed by atoms with Crippen LogP contribution in [-0.2, 0) is 35.4 Å². The molecule has 2 aliphatic rings. The minimum absolute atomic E-state index is 0.00584. The zero-order valence-corrected chi connectivity index (χ0v) is 18.3. The van der Waals surface area contributed by atoms with E-state index < -0.39 is 0 Å². The van der Waals surface area contributed by atoms with Crippen LogP contribution in [0.5, 0.6) is 0 Å². The van der Waals surface area contributed by atoms with Crippen molar-refractivity contribution in [1.29, 1.82) is 0 Å². The molecule has 1 aromatic carbocycles. The summed E-state index contributed by atoms with van der Waals surface area (Å²) >= 11 is 0. The maximum Gasteiger partial charge on any atom is 0.223 e. The quantitative estimate of drug-likeness (QED) is 0.742. The summed E-state index contributed by atoms with van der Waals surface area (Å²) in [6.07, 6.45) is 8.10. The van der Waals surface area contributed by atoms with E-state index in [0.29, 0.717) is 26.1 Å². The maximum absolute atomic E-state index is 12.6. The molecule has 1 aromatic heterocycles. The van der Waals surface area contributed by atoms with Gasteiger partial charge in [0.25, 0.3) is 0 Å². The zero-order chi connectivity index (χ0) is 21.5. The number of aromatic nitrogens is 3. The van der Waals surface area contributed by atoms with Crippen molar-refractivity contribution >= 4 is 11.8 Å². The maximum atomic E-state index is 12.6. The summed E-state index contributed by atoms with van der Waals surface area (Å²) in [4.78, 5) is 27.0. The number of nitrogens with one attached hydrogen (secondary N) is 1. The average molecular weight is 424 g/mol. The van der Waals surface area contributed by atoms with Gasteiger partial charge in [-0.15, -0.1) is 10.2 Å². The van der Waals surface area contributed by atoms with Gasteiger partial charge in [0.1, 0.15) is 11.6 Å². The third-order valence-electron chi connectivity index (χ3n) is 6.52. The predicted octanol–water partition coefficient (Wildman–Crippen LogP) is 2.53. The van der Waals surface area contributed by atoms with E-state index in [1.807, 2.05) is 23.1 Å². The standard InChI is InChI=1S/C24H33N5O2/c30-23(11-10-19-7-3-1-4-8-19)28-17-13-20(14-18-28)24(31)25-15-12-22-27-26-21-9-5-2-6-16-29(21)22/h1,3-4,7-8,20H,2,5-6,9-18H2,(H,25,31). The van der Waals surface area contributed by atoms with Crippen LogP contribution in [0, 0.1) is 5.92 Å². The van der Waals surface area contributed by atoms with Crippen LogP contribution in [0.3, 0.4) is 0 Å². The molecule has 0 aliphatic carbocycles. The molecule has 31 heavy (non-hydrogen) atoms. The van der Waals surface area contributed by atoms with E-state index >= 15 is 0 Å². The minimum atomic E-state index is -0.00584. The number of aryl methyl sites for hydroxylation is 2. The molecule has 1 N–H and O–H groups in total. The van der Waals surface area contributed by atoms with Gasteiger partial charge >= 0.3 is 0 Å². The third-order valence-corrected chi connectivity index (χ3v) is 6.52. The second-order valence-corrected chi connectivity index (χ2v) is 8.68. The van der Waals surface area contributed by atoms with Gasteiger partial charge in [-0.05, 0) is 37.7 Å². The Morgan fingerprint density at radius 1 is 0.968 bits per heavy atom. The van der Waals surface area contributed by atoms with Crippen LogP contribution in [0.15, 0.2) is 30.3 Å². The van der Waals surface area contributed by atoms with Crippen LogP contribution in [0.1, 0.15) is 55.7 Å². The molecule has 2 aromatic rings. The van der Waals surface area contributed by atoms with Crippen LogP contribution < -0.4 is 5.32 Å². The lowest BCUT2D eigenvalue weighted by Crippen LogP contribution is -2.43. The largest absolute Gasteiger partial charge is 0.355 e. The van der Waals surface area contributed by atoms with E-state index in [1.165, 1.54) is 24.8 Å². The van der Waals surface area contributed by atoms with Crippen LogP contribution in [0.2, 0.25) is 0 Å². The van der Waals surface area contributed by atoms with Crippen molar-refractivity contribution in [2.24, 2.45) is 5.92 Å². The monoisotopic (exact) mass is 423 g/mol. The first kappa shape index (κ1) is 21.5. The number of hydrogen-bond acceptors (Lipinski definition) is 4. The molecule has 0 saturated carbocycles. The highest BCUT2D eigenvalue weighted by Crippen LogP contribution is 2.19. The second-order valence-electron chi connectivity index (χ2n) is 8.68. The van der Waals surface area contributed by atoms with Gasteiger partial charge < -0.3 is 14.8 Å². The summed E-state index contributed by atoms with van der Waals surface area (Å²) in [6, 6.07) is 10.1. The third kappa shape index (κ3) is 5.71. The molecule has 0 unspecified atom stereocenters. The Labute approximate surface area is 184 Å². The number of piperidine rings is 1. The SMILES string of the molecule is O=C(NCCc1nnc2n1CCCCC2)C1CCN(C(=O)CCc2ccccc2)CC1. The van der Waals surface area contributed by atoms with Crippen LogP contribution >= 0.6 is 0 Å². The summed E-state index contributed by atoms with van der Waals surface area (Å²) in [6.45, 7) is 2.92. The number of rotatable bonds is 7. The summed E-state index contributed by atoms with van der Waals surface area (Å²) in [5, 5.41) is 11.7. The first-order valence-electron chi connectivity index (χ1n) is 11.7. The molecule has 0 spiro atoms. The van der Waals surface area contributed by atoms with Crippen LogP contribution in [0.25, 0.3) is 0 Å². The number of carbonyl (C=O) groups excluding carboxylic acids is 2. The van der Waals surface area contributed by atoms with E-state index in [9.17, 15) is 9.59 Å². The van der Waals surface area contributed by atoms with Crippen LogP contribution in [-0.4, -0.2) is 51.1 Å². The van der Waals surface area contributed by atoms with Crippen molar-refractivity contribution in [1.82, 2.24) is 25.0 Å². The molecule has 0 radical (unpaired) electrons. The molecule has 7 nitrogen and oxygen atoms in total. The molecule has 0 bridgehead atoms. The second kappa shape index (κ2) is 10.6. The van der Waals surface area contributed by atoms with Crippen molar-refractivity contribution in [3.05, 3.63) is 47.5 Å². The smallest absolute Gasteiger partial charge is 0.223 e. The molecule has 0 atom stereocenters. The summed E-state index contributed by atoms with van der Waals surface area (Å²) in [5.74, 6) is 2.36. The lowest BCUT2D eigenvalue weighted by molar-refractivity contribution is -0.135. The molecule has 1 fully saturated rings. The minimum Gasteiger partial charge on any atom is -0.355 e. The van der Waals surface area contributed by atoms with Gasteiger partial charge in [0.05, 0.1) is 0 Å². The Bertz CT molecular complexity index is 871. The topological polar surface area (TPSA) is 80.1 Å². The first-order chi connectivity index (χ1) is 15.2. The molecule has 1 saturated heterocycles. The van der Waals surface area contributed by atoms with E-state index in [4.69, 9.17) is 0 Å². The normalized spacial score (nSPS) is 17.1. The van der Waals surface area contributed by atoms with Crippen molar-refractivity contribution < 1.29 is 9.59 Å². The average Bonchev–Trinajstić information content (AvgIpc) is 3.03. The molecule has 3 heterocycles. The van der Waals surface area contributed by atoms with Gasteiger partial charge in [0.2, 0.25) is 11.8 Å². The highest BCUT2D eigenvalue weighted by molar-refractivity contribution is 5.80. The number of hydrogen-bond donors (Lipinski definition) is 1. The van der Waals surface area contributed by atoms with Gasteiger partial charge in [0, 0.05) is 51.4 Å². The van der Waals surface area contributed by atoms with Crippen molar-refractivity contribution in [2.75, 3.05) is 19.6 Å². The molecular formula is C24H33N5O2. The Balaban J connectivity index is 1.17. The molecule has 2 amide bonds. The van der Waals surface area contributed by atoms with Crippen molar-refractivity contribution in [3.63, 3.8) is 0 Å². The lowest BCUT2D eigenvalue weighted by atomic mass is 9.95. The fourth-order valence-electron chi connectivity index (χ4n) is 4.62. The predicted molar refractivity (Wildman–Crippen MR) is 118 cm³/mol. The fraction of sp³-hybridized carbons (Fsp3) is 0.583. The number of fused-ring (bicyclic) bond motifs is 1. The molecule has 4 rings (SSSR count). The van der Waals surface area contributed by atoms with E-state index in [1.54, 1.807) is 0 Å². The number of amides is 2. The van der Waals surface area contributed by atoms with Gasteiger partial charge in [-0.3, -0.25) is 9.59 Å². The van der Waals surface area contributed by atoms with Crippen molar-refractivity contribution in [2.45, 2.75) is 64.3 Å². The molecule has 166 valence electrons. The van der Waals surface area contributed by atoms with Gasteiger partial charge in [0.15, 0.2) is 0 Å². The Morgan fingerprint density at radius 2 is 1.77 bits per heavy atom. The van der Waals surface area contributed by atoms with Gasteiger partial charge in [-0.2, -0.15) is 0 Å². The number of nitrogens with zero attached hydrogens (tertiary/aromatic N) is 4. The molecule has 7 heteroatoms. The van der Waals surface area contributed by atoms with Crippen molar-refractivity contribution in [3.8, 4) is 0 Å². The van der Waals surface area contributed by atoms with Gasteiger partial charge in [-0.25, -0.2) is 0 Å². The van der Waals surface area contributed by atoms with E-state index in [-0.39, 0.29) is 17.7 Å². The van der Waals surface area contributed by atoms with E-state index in [0.717, 1.165) is 50.3 Å². The summed E-state index contributed by atoms with van der Waals surface area (Å²) < 4.78 is 2.23. The number of likely N-dealkylation sites (tertiary alicyclic amines) is 1. The number of benzene rings is 1. The van der Waals surface area contributed by atoms with Crippen LogP contribution in [0.4, 0.5) is 0 Å². The Kier molecular flexibility index (Phi) is 7.33. The zero-order valence-electron chi connectivity index (χ0n) is 18.3. The lowest BCUT2D eigenvalue weighted by Gasteiger charge is -2.31. The highest BCUT2D eigenvalue weighted by Gasteiger charge is 2.27. The van der Waals surface area contributed by atoms with E-state index in [2.05, 4.69) is 32.2 Å². The fourth-order valence-corrected chi connectivity index (χ4v) is 4.62. The summed E-state index contributed by atoms with van der Waals surface area (Å²) in [5.41, 5.74) is 1.19. The number of carbonyl (C=O) groups is 2. The molecule has 2 aliphatic heterocycles. The Hall–Kier alpha value is -2.70. The first-order valence-corrected chi connectivity index (χ1v) is 11.7. The molecular weight excluding hydrogens is 390 g/mol.